The lowest BCUT2D eigenvalue weighted by Crippen LogP contribution is -2.51. The van der Waals surface area contributed by atoms with E-state index < -0.39 is 0 Å². The first kappa shape index (κ1) is 24.1. The van der Waals surface area contributed by atoms with Gasteiger partial charge in [-0.25, -0.2) is 14.6 Å². The first-order valence-corrected chi connectivity index (χ1v) is 12.0. The van der Waals surface area contributed by atoms with Crippen LogP contribution in [0.1, 0.15) is 11.3 Å². The maximum absolute atomic E-state index is 12.4. The normalized spacial score (nSPS) is 14.3. The van der Waals surface area contributed by atoms with Crippen molar-refractivity contribution in [2.75, 3.05) is 39.3 Å². The number of hydrogen-bond acceptors (Lipinski definition) is 6. The number of nitrogens with one attached hydrogen (secondary N) is 3. The highest BCUT2D eigenvalue weighted by molar-refractivity contribution is 7.09. The van der Waals surface area contributed by atoms with E-state index in [1.54, 1.807) is 11.3 Å². The minimum Gasteiger partial charge on any atom is -0.494 e. The number of carbonyl (C=O) groups excluding carboxylic acids is 1. The average Bonchev–Trinajstić information content (AvgIpc) is 3.45. The standard InChI is InChI=1S/C23H26N6O3S.ClH/c30-22-26-20-14-16-13-17(4-5-19(16)25-21(20)27-22)32-11-2-6-24-23(31)29-9-7-28(8-10-29)15-18-3-1-12-33-18;/h1,3-5,12-14H,2,6-11,15H2,(H,24,31)(H2,25,26,27,30);1H. The number of thiophene rings is 1. The van der Waals surface area contributed by atoms with Crippen molar-refractivity contribution >= 4 is 51.8 Å². The Morgan fingerprint density at radius 1 is 1.15 bits per heavy atom. The zero-order valence-corrected chi connectivity index (χ0v) is 20.2. The number of pyridine rings is 1. The average molecular weight is 503 g/mol. The summed E-state index contributed by atoms with van der Waals surface area (Å²) in [6, 6.07) is 11.7. The van der Waals surface area contributed by atoms with Gasteiger partial charge in [-0.2, -0.15) is 0 Å². The van der Waals surface area contributed by atoms with Gasteiger partial charge in [-0.1, -0.05) is 6.07 Å². The number of fused-ring (bicyclic) bond motifs is 2. The molecule has 1 aliphatic rings. The summed E-state index contributed by atoms with van der Waals surface area (Å²) in [5.41, 5.74) is 1.72. The highest BCUT2D eigenvalue weighted by Gasteiger charge is 2.20. The molecule has 180 valence electrons. The van der Waals surface area contributed by atoms with E-state index in [2.05, 4.69) is 42.7 Å². The van der Waals surface area contributed by atoms with Crippen LogP contribution in [0, 0.1) is 0 Å². The minimum atomic E-state index is -0.272. The van der Waals surface area contributed by atoms with Crippen LogP contribution < -0.4 is 15.7 Å². The van der Waals surface area contributed by atoms with E-state index in [9.17, 15) is 9.59 Å². The number of carbonyl (C=O) groups is 1. The molecule has 3 N–H and O–H groups in total. The SMILES string of the molecule is Cl.O=C(NCCCOc1ccc2nc3[nH]c(=O)[nH]c3cc2c1)N1CCN(Cc2cccs2)CC1. The summed E-state index contributed by atoms with van der Waals surface area (Å²) in [6.45, 7) is 5.31. The highest BCUT2D eigenvalue weighted by Crippen LogP contribution is 2.22. The Bertz CT molecular complexity index is 1300. The molecule has 0 bridgehead atoms. The molecule has 0 saturated carbocycles. The summed E-state index contributed by atoms with van der Waals surface area (Å²) >= 11 is 1.78. The molecule has 0 unspecified atom stereocenters. The van der Waals surface area contributed by atoms with E-state index in [1.807, 2.05) is 29.2 Å². The number of aromatic nitrogens is 3. The largest absolute Gasteiger partial charge is 0.494 e. The Labute approximate surface area is 206 Å². The number of H-pyrrole nitrogens is 2. The molecule has 1 saturated heterocycles. The Morgan fingerprint density at radius 3 is 2.79 bits per heavy atom. The van der Waals surface area contributed by atoms with E-state index in [0.717, 1.165) is 49.4 Å². The maximum atomic E-state index is 12.4. The summed E-state index contributed by atoms with van der Waals surface area (Å²) in [5.74, 6) is 0.731. The van der Waals surface area contributed by atoms with Crippen LogP contribution in [0.3, 0.4) is 0 Å². The van der Waals surface area contributed by atoms with Gasteiger partial charge < -0.3 is 19.9 Å². The molecule has 0 aliphatic carbocycles. The fourth-order valence-electron chi connectivity index (χ4n) is 4.00. The van der Waals surface area contributed by atoms with Gasteiger partial charge in [0.05, 0.1) is 17.6 Å². The molecule has 4 heterocycles. The van der Waals surface area contributed by atoms with Gasteiger partial charge in [0, 0.05) is 49.5 Å². The number of piperazine rings is 1. The van der Waals surface area contributed by atoms with Gasteiger partial charge in [-0.3, -0.25) is 9.88 Å². The molecule has 2 amide bonds. The smallest absolute Gasteiger partial charge is 0.325 e. The second kappa shape index (κ2) is 10.9. The molecule has 0 atom stereocenters. The second-order valence-electron chi connectivity index (χ2n) is 8.09. The molecule has 0 spiro atoms. The quantitative estimate of drug-likeness (QED) is 0.336. The van der Waals surface area contributed by atoms with Gasteiger partial charge in [0.1, 0.15) is 5.75 Å². The first-order chi connectivity index (χ1) is 16.1. The molecule has 4 aromatic rings. The predicted molar refractivity (Wildman–Crippen MR) is 136 cm³/mol. The molecule has 1 fully saturated rings. The van der Waals surface area contributed by atoms with Crippen LogP contribution in [-0.2, 0) is 6.54 Å². The Morgan fingerprint density at radius 2 is 2.00 bits per heavy atom. The fourth-order valence-corrected chi connectivity index (χ4v) is 4.74. The van der Waals surface area contributed by atoms with Crippen LogP contribution in [0.4, 0.5) is 4.79 Å². The van der Waals surface area contributed by atoms with E-state index in [-0.39, 0.29) is 24.1 Å². The van der Waals surface area contributed by atoms with Gasteiger partial charge in [0.15, 0.2) is 5.65 Å². The van der Waals surface area contributed by atoms with Crippen LogP contribution in [0.5, 0.6) is 5.75 Å². The summed E-state index contributed by atoms with van der Waals surface area (Å²) in [7, 11) is 0. The van der Waals surface area contributed by atoms with Crippen LogP contribution in [0.15, 0.2) is 46.6 Å². The van der Waals surface area contributed by atoms with Crippen molar-refractivity contribution in [2.24, 2.45) is 0 Å². The number of nitrogens with zero attached hydrogens (tertiary/aromatic N) is 3. The molecule has 1 aromatic carbocycles. The van der Waals surface area contributed by atoms with Gasteiger partial charge in [-0.05, 0) is 42.1 Å². The number of hydrogen-bond donors (Lipinski definition) is 3. The van der Waals surface area contributed by atoms with Gasteiger partial charge in [0.25, 0.3) is 0 Å². The molecular formula is C23H27ClN6O3S. The van der Waals surface area contributed by atoms with Crippen LogP contribution in [0.25, 0.3) is 22.1 Å². The first-order valence-electron chi connectivity index (χ1n) is 11.1. The van der Waals surface area contributed by atoms with Crippen molar-refractivity contribution in [3.05, 3.63) is 57.1 Å². The van der Waals surface area contributed by atoms with Crippen molar-refractivity contribution in [1.82, 2.24) is 30.1 Å². The second-order valence-corrected chi connectivity index (χ2v) is 9.13. The monoisotopic (exact) mass is 502 g/mol. The Hall–Kier alpha value is -3.08. The molecule has 34 heavy (non-hydrogen) atoms. The minimum absolute atomic E-state index is 0. The lowest BCUT2D eigenvalue weighted by atomic mass is 10.2. The van der Waals surface area contributed by atoms with Crippen molar-refractivity contribution in [3.63, 3.8) is 0 Å². The number of halogens is 1. The third-order valence-corrected chi connectivity index (χ3v) is 6.61. The third-order valence-electron chi connectivity index (χ3n) is 5.75. The summed E-state index contributed by atoms with van der Waals surface area (Å²) in [6.07, 6.45) is 0.713. The number of ether oxygens (including phenoxy) is 1. The lowest BCUT2D eigenvalue weighted by Gasteiger charge is -2.34. The number of aromatic amines is 2. The summed E-state index contributed by atoms with van der Waals surface area (Å²) in [4.78, 5) is 39.3. The van der Waals surface area contributed by atoms with E-state index in [1.165, 1.54) is 4.88 Å². The zero-order chi connectivity index (χ0) is 22.6. The van der Waals surface area contributed by atoms with E-state index in [4.69, 9.17) is 4.74 Å². The fraction of sp³-hybridized carbons (Fsp3) is 0.348. The molecule has 9 nitrogen and oxygen atoms in total. The number of amides is 2. The van der Waals surface area contributed by atoms with Crippen molar-refractivity contribution in [1.29, 1.82) is 0 Å². The zero-order valence-electron chi connectivity index (χ0n) is 18.6. The van der Waals surface area contributed by atoms with Crippen LogP contribution >= 0.6 is 23.7 Å². The van der Waals surface area contributed by atoms with Crippen LogP contribution in [0.2, 0.25) is 0 Å². The lowest BCUT2D eigenvalue weighted by molar-refractivity contribution is 0.135. The topological polar surface area (TPSA) is 106 Å². The molecule has 5 rings (SSSR count). The number of rotatable bonds is 7. The molecule has 3 aromatic heterocycles. The van der Waals surface area contributed by atoms with Gasteiger partial charge in [0.2, 0.25) is 0 Å². The van der Waals surface area contributed by atoms with E-state index in [0.29, 0.717) is 30.7 Å². The predicted octanol–water partition coefficient (Wildman–Crippen LogP) is 3.18. The third kappa shape index (κ3) is 5.69. The van der Waals surface area contributed by atoms with Gasteiger partial charge >= 0.3 is 11.7 Å². The van der Waals surface area contributed by atoms with Crippen molar-refractivity contribution in [3.8, 4) is 5.75 Å². The number of urea groups is 1. The molecule has 1 aliphatic heterocycles. The Kier molecular flexibility index (Phi) is 7.71. The number of imidazole rings is 1. The summed E-state index contributed by atoms with van der Waals surface area (Å²) < 4.78 is 5.84. The Balaban J connectivity index is 0.00000274. The highest BCUT2D eigenvalue weighted by atomic mass is 35.5. The van der Waals surface area contributed by atoms with Gasteiger partial charge in [-0.15, -0.1) is 23.7 Å². The van der Waals surface area contributed by atoms with Crippen molar-refractivity contribution in [2.45, 2.75) is 13.0 Å². The van der Waals surface area contributed by atoms with Crippen LogP contribution in [-0.4, -0.2) is 70.1 Å². The van der Waals surface area contributed by atoms with Crippen molar-refractivity contribution < 1.29 is 9.53 Å². The number of benzene rings is 1. The summed E-state index contributed by atoms with van der Waals surface area (Å²) in [5, 5.41) is 5.99. The molecule has 11 heteroatoms. The maximum Gasteiger partial charge on any atom is 0.325 e. The molecular weight excluding hydrogens is 476 g/mol. The molecule has 0 radical (unpaired) electrons. The van der Waals surface area contributed by atoms with E-state index >= 15 is 0 Å².